The lowest BCUT2D eigenvalue weighted by Crippen LogP contribution is -2.51. The largest absolute Gasteiger partial charge is 0.491 e. The van der Waals surface area contributed by atoms with Gasteiger partial charge in [-0.15, -0.1) is 11.3 Å². The summed E-state index contributed by atoms with van der Waals surface area (Å²) in [7, 11) is -1.30. The molecule has 4 rings (SSSR count). The maximum absolute atomic E-state index is 13.5. The van der Waals surface area contributed by atoms with E-state index < -0.39 is 27.7 Å². The van der Waals surface area contributed by atoms with E-state index in [1.54, 1.807) is 4.57 Å². The van der Waals surface area contributed by atoms with Gasteiger partial charge in [0.05, 0.1) is 17.4 Å². The molecule has 1 aromatic heterocycles. The molecule has 1 amide bonds. The van der Waals surface area contributed by atoms with E-state index in [0.29, 0.717) is 24.4 Å². The molecule has 2 aliphatic heterocycles. The van der Waals surface area contributed by atoms with Gasteiger partial charge in [-0.1, -0.05) is 20.8 Å². The average Bonchev–Trinajstić information content (AvgIpc) is 3.38. The Hall–Kier alpha value is -2.22. The fourth-order valence-corrected chi connectivity index (χ4v) is 6.67. The highest BCUT2D eigenvalue weighted by molar-refractivity contribution is 7.88. The zero-order chi connectivity index (χ0) is 28.8. The Labute approximate surface area is 231 Å². The summed E-state index contributed by atoms with van der Waals surface area (Å²) in [5.74, 6) is -0.718. The van der Waals surface area contributed by atoms with E-state index in [1.807, 2.05) is 34.0 Å². The van der Waals surface area contributed by atoms with Crippen LogP contribution in [-0.2, 0) is 28.2 Å². The maximum atomic E-state index is 13.5. The Bertz CT molecular complexity index is 1390. The number of likely N-dealkylation sites (tertiary alicyclic amines) is 1. The van der Waals surface area contributed by atoms with Crippen molar-refractivity contribution in [3.05, 3.63) is 45.2 Å². The summed E-state index contributed by atoms with van der Waals surface area (Å²) in [4.78, 5) is 21.1. The van der Waals surface area contributed by atoms with Gasteiger partial charge in [-0.25, -0.2) is 12.7 Å². The first-order valence-electron chi connectivity index (χ1n) is 12.8. The second kappa shape index (κ2) is 11.0. The first-order chi connectivity index (χ1) is 18.0. The molecule has 216 valence electrons. The number of likely N-dealkylation sites (N-methyl/N-ethyl adjacent to an activating group) is 1. The van der Waals surface area contributed by atoms with Crippen LogP contribution in [0.1, 0.15) is 54.4 Å². The Balaban J connectivity index is 1.67. The van der Waals surface area contributed by atoms with E-state index in [4.69, 9.17) is 4.74 Å². The Morgan fingerprint density at radius 1 is 1.21 bits per heavy atom. The summed E-state index contributed by atoms with van der Waals surface area (Å²) in [5.41, 5.74) is -1.44. The van der Waals surface area contributed by atoms with Gasteiger partial charge in [-0.3, -0.25) is 4.79 Å². The predicted molar refractivity (Wildman–Crippen MR) is 143 cm³/mol. The summed E-state index contributed by atoms with van der Waals surface area (Å²) in [6.45, 7) is 8.38. The lowest BCUT2D eigenvalue weighted by Gasteiger charge is -2.37. The van der Waals surface area contributed by atoms with E-state index in [9.17, 15) is 26.4 Å². The van der Waals surface area contributed by atoms with Crippen molar-refractivity contribution >= 4 is 27.3 Å². The molecular weight excluding hydrogens is 553 g/mol. The molecule has 0 spiro atoms. The molecule has 2 aliphatic rings. The van der Waals surface area contributed by atoms with Crippen molar-refractivity contribution in [1.29, 1.82) is 0 Å². The fourth-order valence-electron chi connectivity index (χ4n) is 4.65. The van der Waals surface area contributed by atoms with E-state index in [1.165, 1.54) is 21.7 Å². The average molecular weight is 589 g/mol. The Kier molecular flexibility index (Phi) is 8.38. The first kappa shape index (κ1) is 29.8. The molecule has 2 saturated heterocycles. The van der Waals surface area contributed by atoms with Crippen molar-refractivity contribution < 1.29 is 31.1 Å². The number of thiazole rings is 1. The van der Waals surface area contributed by atoms with Gasteiger partial charge >= 0.3 is 6.18 Å². The number of nitrogens with zero attached hydrogens (tertiary/aromatic N) is 4. The highest BCUT2D eigenvalue weighted by Crippen LogP contribution is 2.33. The molecule has 39 heavy (non-hydrogen) atoms. The fraction of sp³-hybridized carbons (Fsp3) is 0.615. The Morgan fingerprint density at radius 2 is 1.90 bits per heavy atom. The molecule has 3 heterocycles. The van der Waals surface area contributed by atoms with Gasteiger partial charge in [0.1, 0.15) is 12.4 Å². The number of hydrogen-bond acceptors (Lipinski definition) is 6. The standard InChI is InChI=1S/C26H35F3N4O4S2/c1-25(2,3)22-15-32(12-17-13-33(14-17)39(5,35)36)24(38-22)30-23(34)20-11-18(26(27,28)29)8-9-21(20)37-16-19-7-6-10-31(19)4/h8-9,11,15,17,19H,6-7,10,12-14,16H2,1-5H3/b30-24-/t19-/m0/s1. The van der Waals surface area contributed by atoms with Crippen LogP contribution < -0.4 is 9.54 Å². The van der Waals surface area contributed by atoms with Crippen LogP contribution in [0.2, 0.25) is 0 Å². The van der Waals surface area contributed by atoms with Gasteiger partial charge in [0.2, 0.25) is 10.0 Å². The van der Waals surface area contributed by atoms with E-state index >= 15 is 0 Å². The van der Waals surface area contributed by atoms with Crippen LogP contribution in [-0.4, -0.2) is 73.7 Å². The van der Waals surface area contributed by atoms with E-state index in [0.717, 1.165) is 42.7 Å². The molecule has 2 aromatic rings. The molecule has 0 bridgehead atoms. The zero-order valence-corrected chi connectivity index (χ0v) is 24.4. The number of amides is 1. The molecule has 0 N–H and O–H groups in total. The zero-order valence-electron chi connectivity index (χ0n) is 22.8. The summed E-state index contributed by atoms with van der Waals surface area (Å²) in [6, 6.07) is 3.03. The molecule has 2 fully saturated rings. The van der Waals surface area contributed by atoms with Gasteiger partial charge in [-0.05, 0) is 50.0 Å². The van der Waals surface area contributed by atoms with Gasteiger partial charge in [0.25, 0.3) is 5.91 Å². The van der Waals surface area contributed by atoms with Gasteiger partial charge < -0.3 is 14.2 Å². The number of ether oxygens (including phenoxy) is 1. The lowest BCUT2D eigenvalue weighted by molar-refractivity contribution is -0.137. The van der Waals surface area contributed by atoms with Crippen LogP contribution in [0.5, 0.6) is 5.75 Å². The molecule has 0 saturated carbocycles. The quantitative estimate of drug-likeness (QED) is 0.489. The number of carbonyl (C=O) groups excluding carboxylic acids is 1. The number of sulfonamides is 1. The second-order valence-electron chi connectivity index (χ2n) is 11.4. The number of carbonyl (C=O) groups is 1. The van der Waals surface area contributed by atoms with Crippen molar-refractivity contribution in [3.8, 4) is 5.75 Å². The smallest absolute Gasteiger partial charge is 0.416 e. The van der Waals surface area contributed by atoms with Crippen molar-refractivity contribution in [2.24, 2.45) is 10.9 Å². The normalized spacial score (nSPS) is 20.4. The van der Waals surface area contributed by atoms with Crippen LogP contribution in [0, 0.1) is 5.92 Å². The predicted octanol–water partition coefficient (Wildman–Crippen LogP) is 3.97. The minimum absolute atomic E-state index is 0.0343. The van der Waals surface area contributed by atoms with Crippen molar-refractivity contribution in [3.63, 3.8) is 0 Å². The number of hydrogen-bond donors (Lipinski definition) is 0. The highest BCUT2D eigenvalue weighted by Gasteiger charge is 2.34. The number of alkyl halides is 3. The maximum Gasteiger partial charge on any atom is 0.416 e. The number of halogens is 3. The van der Waals surface area contributed by atoms with Gasteiger partial charge in [-0.2, -0.15) is 18.2 Å². The number of benzene rings is 1. The van der Waals surface area contributed by atoms with E-state index in [2.05, 4.69) is 9.89 Å². The third kappa shape index (κ3) is 7.11. The van der Waals surface area contributed by atoms with Gasteiger partial charge in [0, 0.05) is 42.7 Å². The Morgan fingerprint density at radius 3 is 2.46 bits per heavy atom. The van der Waals surface area contributed by atoms with Crippen LogP contribution in [0.3, 0.4) is 0 Å². The summed E-state index contributed by atoms with van der Waals surface area (Å²) in [5, 5.41) is 0. The van der Waals surface area contributed by atoms with Crippen molar-refractivity contribution in [1.82, 2.24) is 13.8 Å². The lowest BCUT2D eigenvalue weighted by atomic mass is 9.95. The molecule has 1 atom stereocenters. The second-order valence-corrected chi connectivity index (χ2v) is 14.4. The molecule has 8 nitrogen and oxygen atoms in total. The third-order valence-corrected chi connectivity index (χ3v) is 9.83. The molecule has 1 aromatic carbocycles. The third-order valence-electron chi connectivity index (χ3n) is 7.14. The summed E-state index contributed by atoms with van der Waals surface area (Å²) in [6.07, 6.45) is 0.345. The molecule has 0 unspecified atom stereocenters. The molecule has 0 radical (unpaired) electrons. The molecular formula is C26H35F3N4O4S2. The van der Waals surface area contributed by atoms with Crippen LogP contribution >= 0.6 is 11.3 Å². The molecule has 13 heteroatoms. The minimum Gasteiger partial charge on any atom is -0.491 e. The SMILES string of the molecule is CN1CCC[C@H]1COc1ccc(C(F)(F)F)cc1C(=O)/N=c1\sc(C(C)(C)C)cn1CC1CN(S(C)(=O)=O)C1. The van der Waals surface area contributed by atoms with Crippen molar-refractivity contribution in [2.45, 2.75) is 57.8 Å². The van der Waals surface area contributed by atoms with Crippen LogP contribution in [0.4, 0.5) is 13.2 Å². The monoisotopic (exact) mass is 588 g/mol. The molecule has 0 aliphatic carbocycles. The number of aromatic nitrogens is 1. The number of rotatable bonds is 7. The van der Waals surface area contributed by atoms with Crippen LogP contribution in [0.25, 0.3) is 0 Å². The first-order valence-corrected chi connectivity index (χ1v) is 15.5. The van der Waals surface area contributed by atoms with Gasteiger partial charge in [0.15, 0.2) is 4.80 Å². The minimum atomic E-state index is -4.63. The topological polar surface area (TPSA) is 84.2 Å². The summed E-state index contributed by atoms with van der Waals surface area (Å²) < 4.78 is 73.2. The summed E-state index contributed by atoms with van der Waals surface area (Å²) >= 11 is 1.30. The van der Waals surface area contributed by atoms with Crippen molar-refractivity contribution in [2.75, 3.05) is 39.5 Å². The van der Waals surface area contributed by atoms with E-state index in [-0.39, 0.29) is 35.3 Å². The van der Waals surface area contributed by atoms with Crippen LogP contribution in [0.15, 0.2) is 29.4 Å². The highest BCUT2D eigenvalue weighted by atomic mass is 32.2.